The van der Waals surface area contributed by atoms with E-state index in [1.807, 2.05) is 6.92 Å². The van der Waals surface area contributed by atoms with E-state index in [2.05, 4.69) is 11.0 Å². The van der Waals surface area contributed by atoms with Gasteiger partial charge in [-0.3, -0.25) is 4.90 Å². The summed E-state index contributed by atoms with van der Waals surface area (Å²) < 4.78 is 35.1. The number of rotatable bonds is 3. The second kappa shape index (κ2) is 8.13. The maximum absolute atomic E-state index is 14.7. The number of ether oxygens (including phenoxy) is 1. The Morgan fingerprint density at radius 2 is 1.80 bits per heavy atom. The second-order valence-corrected chi connectivity index (χ2v) is 7.29. The Kier molecular flexibility index (Phi) is 5.39. The van der Waals surface area contributed by atoms with Crippen LogP contribution in [0.1, 0.15) is 24.0 Å². The SMILES string of the molecule is CCN1CC(c2ccccc2F)=CC2=C(C1)C(c1ccccc1F)C(C#N)=C(N)O2. The van der Waals surface area contributed by atoms with E-state index in [-0.39, 0.29) is 17.3 Å². The van der Waals surface area contributed by atoms with Gasteiger partial charge in [0.1, 0.15) is 29.0 Å². The number of halogens is 2. The smallest absolute Gasteiger partial charge is 0.205 e. The van der Waals surface area contributed by atoms with Crippen molar-refractivity contribution >= 4 is 5.57 Å². The van der Waals surface area contributed by atoms with E-state index in [1.54, 1.807) is 42.5 Å². The van der Waals surface area contributed by atoms with Gasteiger partial charge in [-0.25, -0.2) is 8.78 Å². The molecule has 1 unspecified atom stereocenters. The summed E-state index contributed by atoms with van der Waals surface area (Å²) >= 11 is 0. The van der Waals surface area contributed by atoms with Crippen LogP contribution in [0.3, 0.4) is 0 Å². The number of likely N-dealkylation sites (N-methyl/N-ethyl adjacent to an activating group) is 1. The van der Waals surface area contributed by atoms with Crippen molar-refractivity contribution in [1.29, 1.82) is 5.26 Å². The molecule has 0 radical (unpaired) electrons. The van der Waals surface area contributed by atoms with E-state index in [4.69, 9.17) is 10.5 Å². The van der Waals surface area contributed by atoms with Gasteiger partial charge < -0.3 is 10.5 Å². The molecule has 152 valence electrons. The lowest BCUT2D eigenvalue weighted by Gasteiger charge is -2.30. The van der Waals surface area contributed by atoms with Crippen molar-refractivity contribution in [3.8, 4) is 6.07 Å². The highest BCUT2D eigenvalue weighted by Gasteiger charge is 2.36. The van der Waals surface area contributed by atoms with Crippen molar-refractivity contribution in [1.82, 2.24) is 4.90 Å². The van der Waals surface area contributed by atoms with Crippen LogP contribution in [0, 0.1) is 23.0 Å². The van der Waals surface area contributed by atoms with E-state index < -0.39 is 11.7 Å². The van der Waals surface area contributed by atoms with Gasteiger partial charge in [0, 0.05) is 24.2 Å². The third-order valence-corrected chi connectivity index (χ3v) is 5.54. The van der Waals surface area contributed by atoms with Gasteiger partial charge in [0.05, 0.1) is 5.92 Å². The highest BCUT2D eigenvalue weighted by atomic mass is 19.1. The van der Waals surface area contributed by atoms with Crippen molar-refractivity contribution in [2.75, 3.05) is 19.6 Å². The van der Waals surface area contributed by atoms with Gasteiger partial charge >= 0.3 is 0 Å². The fourth-order valence-electron chi connectivity index (χ4n) is 4.01. The summed E-state index contributed by atoms with van der Waals surface area (Å²) in [5, 5.41) is 9.74. The number of nitrogens with two attached hydrogens (primary N) is 1. The Hall–Kier alpha value is -3.43. The predicted octanol–water partition coefficient (Wildman–Crippen LogP) is 4.45. The average molecular weight is 405 g/mol. The number of hydrogen-bond donors (Lipinski definition) is 1. The molecular formula is C24H21F2N3O. The molecule has 2 aliphatic heterocycles. The molecule has 30 heavy (non-hydrogen) atoms. The monoisotopic (exact) mass is 405 g/mol. The molecule has 0 fully saturated rings. The first-order valence-electron chi connectivity index (χ1n) is 9.76. The molecule has 0 saturated carbocycles. The number of benzene rings is 2. The molecule has 4 nitrogen and oxygen atoms in total. The third kappa shape index (κ3) is 3.49. The Morgan fingerprint density at radius 1 is 1.10 bits per heavy atom. The van der Waals surface area contributed by atoms with Crippen LogP contribution in [0.25, 0.3) is 5.57 Å². The molecule has 2 aromatic carbocycles. The molecule has 0 aliphatic carbocycles. The Morgan fingerprint density at radius 3 is 2.47 bits per heavy atom. The molecule has 0 aromatic heterocycles. The van der Waals surface area contributed by atoms with Crippen molar-refractivity contribution < 1.29 is 13.5 Å². The minimum atomic E-state index is -0.662. The van der Waals surface area contributed by atoms with Gasteiger partial charge in [0.15, 0.2) is 0 Å². The highest BCUT2D eigenvalue weighted by molar-refractivity contribution is 5.71. The number of allylic oxidation sites excluding steroid dienone is 2. The van der Waals surface area contributed by atoms with Crippen LogP contribution in [-0.2, 0) is 4.74 Å². The van der Waals surface area contributed by atoms with Gasteiger partial charge in [-0.15, -0.1) is 0 Å². The molecular weight excluding hydrogens is 384 g/mol. The first kappa shape index (κ1) is 19.9. The van der Waals surface area contributed by atoms with Crippen LogP contribution in [0.15, 0.2) is 77.4 Å². The highest BCUT2D eigenvalue weighted by Crippen LogP contribution is 2.42. The maximum Gasteiger partial charge on any atom is 0.205 e. The normalized spacial score (nSPS) is 19.5. The first-order chi connectivity index (χ1) is 14.5. The van der Waals surface area contributed by atoms with Gasteiger partial charge in [0.2, 0.25) is 5.88 Å². The molecule has 2 heterocycles. The average Bonchev–Trinajstić information content (AvgIpc) is 2.92. The minimum absolute atomic E-state index is 0.0569. The van der Waals surface area contributed by atoms with E-state index in [1.165, 1.54) is 12.1 Å². The van der Waals surface area contributed by atoms with Crippen molar-refractivity contribution in [2.24, 2.45) is 5.73 Å². The van der Waals surface area contributed by atoms with Crippen LogP contribution < -0.4 is 5.73 Å². The number of nitrogens with zero attached hydrogens (tertiary/aromatic N) is 2. The molecule has 4 rings (SSSR count). The molecule has 2 N–H and O–H groups in total. The summed E-state index contributed by atoms with van der Waals surface area (Å²) in [6.07, 6.45) is 1.76. The zero-order chi connectivity index (χ0) is 21.3. The van der Waals surface area contributed by atoms with Gasteiger partial charge in [0.25, 0.3) is 0 Å². The van der Waals surface area contributed by atoms with E-state index in [0.29, 0.717) is 36.5 Å². The summed E-state index contributed by atoms with van der Waals surface area (Å²) in [5.41, 5.74) is 8.56. The lowest BCUT2D eigenvalue weighted by Crippen LogP contribution is -2.31. The van der Waals surface area contributed by atoms with E-state index in [0.717, 1.165) is 11.1 Å². The van der Waals surface area contributed by atoms with Crippen LogP contribution in [0.4, 0.5) is 8.78 Å². The standard InChI is InChI=1S/C24H21F2N3O/c1-2-29-13-15(16-7-3-5-9-20(16)25)11-22-19(14-29)23(18(12-27)24(28)30-22)17-8-4-6-10-21(17)26/h3-11,23H,2,13-14,28H2,1H3. The Bertz CT molecular complexity index is 1130. The predicted molar refractivity (Wildman–Crippen MR) is 111 cm³/mol. The van der Waals surface area contributed by atoms with Crippen molar-refractivity contribution in [3.05, 3.63) is 100 Å². The van der Waals surface area contributed by atoms with E-state index >= 15 is 0 Å². The Balaban J connectivity index is 1.92. The lowest BCUT2D eigenvalue weighted by atomic mass is 9.82. The summed E-state index contributed by atoms with van der Waals surface area (Å²) in [7, 11) is 0. The summed E-state index contributed by atoms with van der Waals surface area (Å²) in [6.45, 7) is 3.62. The fraction of sp³-hybridized carbons (Fsp3) is 0.208. The Labute approximate surface area is 174 Å². The largest absolute Gasteiger partial charge is 0.440 e. The van der Waals surface area contributed by atoms with E-state index in [9.17, 15) is 14.0 Å². The number of nitriles is 1. The summed E-state index contributed by atoms with van der Waals surface area (Å²) in [6, 6.07) is 15.0. The number of hydrogen-bond acceptors (Lipinski definition) is 4. The fourth-order valence-corrected chi connectivity index (χ4v) is 4.01. The quantitative estimate of drug-likeness (QED) is 0.820. The van der Waals surface area contributed by atoms with Gasteiger partial charge in [-0.05, 0) is 35.9 Å². The first-order valence-corrected chi connectivity index (χ1v) is 9.76. The molecule has 0 bridgehead atoms. The zero-order valence-corrected chi connectivity index (χ0v) is 16.5. The second-order valence-electron chi connectivity index (χ2n) is 7.29. The van der Waals surface area contributed by atoms with Crippen LogP contribution in [-0.4, -0.2) is 24.5 Å². The summed E-state index contributed by atoms with van der Waals surface area (Å²) in [4.78, 5) is 2.11. The third-order valence-electron chi connectivity index (χ3n) is 5.54. The molecule has 0 saturated heterocycles. The van der Waals surface area contributed by atoms with Gasteiger partial charge in [-0.2, -0.15) is 5.26 Å². The minimum Gasteiger partial charge on any atom is -0.440 e. The topological polar surface area (TPSA) is 62.3 Å². The van der Waals surface area contributed by atoms with Crippen LogP contribution in [0.2, 0.25) is 0 Å². The van der Waals surface area contributed by atoms with Crippen LogP contribution >= 0.6 is 0 Å². The molecule has 0 spiro atoms. The molecule has 2 aliphatic rings. The zero-order valence-electron chi connectivity index (χ0n) is 16.5. The lowest BCUT2D eigenvalue weighted by molar-refractivity contribution is 0.280. The van der Waals surface area contributed by atoms with Crippen molar-refractivity contribution in [3.63, 3.8) is 0 Å². The maximum atomic E-state index is 14.7. The summed E-state index contributed by atoms with van der Waals surface area (Å²) in [5.74, 6) is -1.02. The molecule has 0 amide bonds. The molecule has 6 heteroatoms. The molecule has 1 atom stereocenters. The molecule has 2 aromatic rings. The van der Waals surface area contributed by atoms with Gasteiger partial charge in [-0.1, -0.05) is 43.3 Å². The van der Waals surface area contributed by atoms with Crippen LogP contribution in [0.5, 0.6) is 0 Å². The van der Waals surface area contributed by atoms with Crippen molar-refractivity contribution in [2.45, 2.75) is 12.8 Å².